The highest BCUT2D eigenvalue weighted by atomic mass is 35.5. The van der Waals surface area contributed by atoms with Crippen LogP contribution in [0.5, 0.6) is 0 Å². The molecule has 8 nitrogen and oxygen atoms in total. The quantitative estimate of drug-likeness (QED) is 0.313. The first kappa shape index (κ1) is 20.5. The molecule has 1 rings (SSSR count). The average Bonchev–Trinajstić information content (AvgIpc) is 2.48. The van der Waals surface area contributed by atoms with Crippen molar-refractivity contribution in [2.75, 3.05) is 6.54 Å². The predicted octanol–water partition coefficient (Wildman–Crippen LogP) is 0.841. The van der Waals surface area contributed by atoms with Crippen LogP contribution in [0.3, 0.4) is 0 Å². The van der Waals surface area contributed by atoms with Crippen LogP contribution >= 0.6 is 12.4 Å². The number of carboxylic acid groups (broad SMARTS) is 1. The van der Waals surface area contributed by atoms with Gasteiger partial charge in [-0.15, -0.1) is 12.4 Å². The zero-order valence-electron chi connectivity index (χ0n) is 12.5. The van der Waals surface area contributed by atoms with Gasteiger partial charge in [0.2, 0.25) is 0 Å². The van der Waals surface area contributed by atoms with Crippen molar-refractivity contribution in [2.45, 2.75) is 25.5 Å². The Labute approximate surface area is 140 Å². The minimum Gasteiger partial charge on any atom is -0.480 e. The molecule has 0 spiro atoms. The molecule has 0 fully saturated rings. The van der Waals surface area contributed by atoms with Crippen LogP contribution in [0.25, 0.3) is 0 Å². The van der Waals surface area contributed by atoms with Gasteiger partial charge < -0.3 is 26.6 Å². The number of guanidine groups is 1. The minimum absolute atomic E-state index is 0. The van der Waals surface area contributed by atoms with Gasteiger partial charge in [0.15, 0.2) is 5.96 Å². The van der Waals surface area contributed by atoms with Crippen molar-refractivity contribution in [1.29, 1.82) is 0 Å². The Morgan fingerprint density at radius 1 is 1.26 bits per heavy atom. The lowest BCUT2D eigenvalue weighted by atomic mass is 10.1. The van der Waals surface area contributed by atoms with Gasteiger partial charge in [0.25, 0.3) is 0 Å². The molecule has 0 aliphatic heterocycles. The standard InChI is InChI=1S/C14H20N4O4.ClH/c15-13(16)17-8-4-7-11(12(19)20)18-14(21)22-9-10-5-2-1-3-6-10;/h1-3,5-6,11H,4,7-9H2,(H,18,21)(H,19,20)(H4,15,16,17);1H/t11-;/m0./s1. The van der Waals surface area contributed by atoms with Crippen molar-refractivity contribution in [3.63, 3.8) is 0 Å². The second-order valence-electron chi connectivity index (χ2n) is 4.55. The molecule has 23 heavy (non-hydrogen) atoms. The van der Waals surface area contributed by atoms with Crippen molar-refractivity contribution < 1.29 is 19.4 Å². The summed E-state index contributed by atoms with van der Waals surface area (Å²) in [5, 5.41) is 11.4. The van der Waals surface area contributed by atoms with E-state index in [1.165, 1.54) is 0 Å². The highest BCUT2D eigenvalue weighted by Gasteiger charge is 2.20. The normalized spacial score (nSPS) is 10.8. The van der Waals surface area contributed by atoms with E-state index in [9.17, 15) is 9.59 Å². The van der Waals surface area contributed by atoms with Gasteiger partial charge in [-0.2, -0.15) is 0 Å². The number of amides is 1. The number of halogens is 1. The van der Waals surface area contributed by atoms with Gasteiger partial charge in [0.05, 0.1) is 0 Å². The van der Waals surface area contributed by atoms with Gasteiger partial charge in [-0.1, -0.05) is 30.3 Å². The van der Waals surface area contributed by atoms with E-state index in [1.54, 1.807) is 12.1 Å². The summed E-state index contributed by atoms with van der Waals surface area (Å²) >= 11 is 0. The third-order valence-electron chi connectivity index (χ3n) is 2.75. The molecule has 1 amide bonds. The van der Waals surface area contributed by atoms with Crippen LogP contribution in [0, 0.1) is 0 Å². The number of aliphatic carboxylic acids is 1. The highest BCUT2D eigenvalue weighted by Crippen LogP contribution is 2.03. The van der Waals surface area contributed by atoms with Gasteiger partial charge in [-0.25, -0.2) is 9.59 Å². The Balaban J connectivity index is 0.00000484. The van der Waals surface area contributed by atoms with E-state index in [2.05, 4.69) is 10.3 Å². The number of benzene rings is 1. The Morgan fingerprint density at radius 2 is 1.91 bits per heavy atom. The lowest BCUT2D eigenvalue weighted by Gasteiger charge is -2.14. The van der Waals surface area contributed by atoms with Crippen LogP contribution in [0.2, 0.25) is 0 Å². The fraction of sp³-hybridized carbons (Fsp3) is 0.357. The van der Waals surface area contributed by atoms with Crippen LogP contribution in [0.15, 0.2) is 35.3 Å². The molecule has 0 heterocycles. The summed E-state index contributed by atoms with van der Waals surface area (Å²) in [6, 6.07) is 8.05. The maximum Gasteiger partial charge on any atom is 0.408 e. The topological polar surface area (TPSA) is 140 Å². The predicted molar refractivity (Wildman–Crippen MR) is 88.3 cm³/mol. The molecular weight excluding hydrogens is 324 g/mol. The molecule has 1 atom stereocenters. The van der Waals surface area contributed by atoms with Crippen LogP contribution in [0.1, 0.15) is 18.4 Å². The number of carbonyl (C=O) groups is 2. The summed E-state index contributed by atoms with van der Waals surface area (Å²) < 4.78 is 4.97. The lowest BCUT2D eigenvalue weighted by molar-refractivity contribution is -0.139. The van der Waals surface area contributed by atoms with E-state index in [4.69, 9.17) is 21.3 Å². The van der Waals surface area contributed by atoms with Gasteiger partial charge in [0, 0.05) is 6.54 Å². The smallest absolute Gasteiger partial charge is 0.408 e. The van der Waals surface area contributed by atoms with Crippen molar-refractivity contribution in [3.8, 4) is 0 Å². The average molecular weight is 345 g/mol. The van der Waals surface area contributed by atoms with Crippen LogP contribution in [0.4, 0.5) is 4.79 Å². The molecule has 0 saturated heterocycles. The maximum absolute atomic E-state index is 11.6. The van der Waals surface area contributed by atoms with Crippen LogP contribution < -0.4 is 16.8 Å². The van der Waals surface area contributed by atoms with E-state index in [0.717, 1.165) is 5.56 Å². The minimum atomic E-state index is -1.14. The van der Waals surface area contributed by atoms with Crippen molar-refractivity contribution >= 4 is 30.4 Å². The first-order chi connectivity index (χ1) is 10.5. The summed E-state index contributed by atoms with van der Waals surface area (Å²) in [4.78, 5) is 26.4. The molecule has 0 unspecified atom stereocenters. The molecule has 0 bridgehead atoms. The third kappa shape index (κ3) is 9.20. The van der Waals surface area contributed by atoms with E-state index < -0.39 is 18.1 Å². The highest BCUT2D eigenvalue weighted by molar-refractivity contribution is 5.85. The Bertz CT molecular complexity index is 521. The molecule has 1 aromatic carbocycles. The Morgan fingerprint density at radius 3 is 2.48 bits per heavy atom. The second kappa shape index (κ2) is 11.1. The molecular formula is C14H21ClN4O4. The van der Waals surface area contributed by atoms with Crippen LogP contribution in [-0.4, -0.2) is 35.7 Å². The first-order valence-corrected chi connectivity index (χ1v) is 6.74. The number of nitrogens with two attached hydrogens (primary N) is 2. The molecule has 0 radical (unpaired) electrons. The first-order valence-electron chi connectivity index (χ1n) is 6.74. The lowest BCUT2D eigenvalue weighted by Crippen LogP contribution is -2.41. The molecule has 1 aromatic rings. The Kier molecular flexibility index (Phi) is 9.94. The molecule has 0 saturated carbocycles. The van der Waals surface area contributed by atoms with Crippen molar-refractivity contribution in [2.24, 2.45) is 16.5 Å². The van der Waals surface area contributed by atoms with Crippen molar-refractivity contribution in [1.82, 2.24) is 5.32 Å². The number of nitrogens with one attached hydrogen (secondary N) is 1. The SMILES string of the molecule is Cl.NC(N)=NCCC[C@H](NC(=O)OCc1ccccc1)C(=O)O. The summed E-state index contributed by atoms with van der Waals surface area (Å²) in [6.07, 6.45) is -0.154. The number of carbonyl (C=O) groups excluding carboxylic acids is 1. The van der Waals surface area contributed by atoms with Gasteiger partial charge in [-0.3, -0.25) is 4.99 Å². The van der Waals surface area contributed by atoms with Crippen LogP contribution in [-0.2, 0) is 16.1 Å². The maximum atomic E-state index is 11.6. The number of nitrogens with zero attached hydrogens (tertiary/aromatic N) is 1. The second-order valence-corrected chi connectivity index (χ2v) is 4.55. The molecule has 0 aromatic heterocycles. The molecule has 0 aliphatic rings. The molecule has 0 aliphatic carbocycles. The fourth-order valence-corrected chi connectivity index (χ4v) is 1.67. The van der Waals surface area contributed by atoms with Crippen molar-refractivity contribution in [3.05, 3.63) is 35.9 Å². The molecule has 9 heteroatoms. The number of hydrogen-bond acceptors (Lipinski definition) is 4. The number of hydrogen-bond donors (Lipinski definition) is 4. The number of aliphatic imine (C=N–C) groups is 1. The van der Waals surface area contributed by atoms with Gasteiger partial charge >= 0.3 is 12.1 Å². The summed E-state index contributed by atoms with van der Waals surface area (Å²) in [7, 11) is 0. The number of alkyl carbamates (subject to hydrolysis) is 1. The van der Waals surface area contributed by atoms with E-state index in [-0.39, 0.29) is 31.4 Å². The number of carboxylic acids is 1. The number of ether oxygens (including phenoxy) is 1. The van der Waals surface area contributed by atoms with Gasteiger partial charge in [-0.05, 0) is 18.4 Å². The zero-order chi connectivity index (χ0) is 16.4. The zero-order valence-corrected chi connectivity index (χ0v) is 13.3. The summed E-state index contributed by atoms with van der Waals surface area (Å²) in [6.45, 7) is 0.375. The molecule has 128 valence electrons. The monoisotopic (exact) mass is 344 g/mol. The van der Waals surface area contributed by atoms with E-state index in [0.29, 0.717) is 13.0 Å². The molecule has 6 N–H and O–H groups in total. The number of rotatable bonds is 8. The summed E-state index contributed by atoms with van der Waals surface area (Å²) in [5.74, 6) is -1.19. The van der Waals surface area contributed by atoms with E-state index in [1.807, 2.05) is 18.2 Å². The fourth-order valence-electron chi connectivity index (χ4n) is 1.67. The van der Waals surface area contributed by atoms with Gasteiger partial charge in [0.1, 0.15) is 12.6 Å². The summed E-state index contributed by atoms with van der Waals surface area (Å²) in [5.41, 5.74) is 11.1. The Hall–Kier alpha value is -2.48. The largest absolute Gasteiger partial charge is 0.480 e. The third-order valence-corrected chi connectivity index (χ3v) is 2.75. The van der Waals surface area contributed by atoms with E-state index >= 15 is 0 Å².